The summed E-state index contributed by atoms with van der Waals surface area (Å²) >= 11 is 0. The van der Waals surface area contributed by atoms with Crippen LogP contribution in [-0.4, -0.2) is 67.7 Å². The number of anilines is 1. The fraction of sp³-hybridized carbons (Fsp3) is 0.286. The van der Waals surface area contributed by atoms with Gasteiger partial charge in [-0.2, -0.15) is 4.98 Å². The Kier molecular flexibility index (Phi) is 7.18. The molecule has 1 unspecified atom stereocenters. The molecule has 1 N–H and O–H groups in total. The molecule has 10 nitrogen and oxygen atoms in total. The Hall–Kier alpha value is -5.32. The number of halogens is 1. The molecule has 3 aromatic heterocycles. The zero-order valence-corrected chi connectivity index (χ0v) is 25.8. The summed E-state index contributed by atoms with van der Waals surface area (Å²) < 4.78 is 24.6. The van der Waals surface area contributed by atoms with Gasteiger partial charge in [0.05, 0.1) is 24.0 Å². The lowest BCUT2D eigenvalue weighted by Gasteiger charge is -2.43. The molecule has 1 atom stereocenters. The Morgan fingerprint density at radius 3 is 2.76 bits per heavy atom. The van der Waals surface area contributed by atoms with Crippen LogP contribution in [0.1, 0.15) is 37.4 Å². The molecule has 0 radical (unpaired) electrons. The van der Waals surface area contributed by atoms with Crippen LogP contribution in [-0.2, 0) is 4.79 Å². The van der Waals surface area contributed by atoms with Crippen LogP contribution in [0.5, 0.6) is 11.5 Å². The van der Waals surface area contributed by atoms with Crippen molar-refractivity contribution in [3.63, 3.8) is 0 Å². The average Bonchev–Trinajstić information content (AvgIpc) is 3.03. The van der Waals surface area contributed by atoms with E-state index in [1.807, 2.05) is 56.0 Å². The molecule has 0 aliphatic carbocycles. The molecule has 234 valence electrons. The molecule has 0 saturated carbocycles. The third-order valence-electron chi connectivity index (χ3n) is 8.87. The predicted molar refractivity (Wildman–Crippen MR) is 174 cm³/mol. The lowest BCUT2D eigenvalue weighted by atomic mass is 9.99. The predicted octanol–water partition coefficient (Wildman–Crippen LogP) is 5.26. The first-order valence-electron chi connectivity index (χ1n) is 15.3. The number of ether oxygens (including phenoxy) is 1. The first kappa shape index (κ1) is 29.4. The van der Waals surface area contributed by atoms with E-state index in [2.05, 4.69) is 16.5 Å². The second-order valence-electron chi connectivity index (χ2n) is 12.1. The summed E-state index contributed by atoms with van der Waals surface area (Å²) in [5.41, 5.74) is 1.83. The van der Waals surface area contributed by atoms with Crippen molar-refractivity contribution in [3.05, 3.63) is 88.9 Å². The number of amides is 1. The number of pyridine rings is 2. The van der Waals surface area contributed by atoms with Crippen molar-refractivity contribution in [2.45, 2.75) is 39.2 Å². The first-order valence-corrected chi connectivity index (χ1v) is 15.3. The van der Waals surface area contributed by atoms with Gasteiger partial charge in [0.15, 0.2) is 17.2 Å². The van der Waals surface area contributed by atoms with E-state index >= 15 is 4.39 Å². The van der Waals surface area contributed by atoms with E-state index in [4.69, 9.17) is 9.72 Å². The number of benzene rings is 2. The standard InChI is InChI=1S/C35H33FN6O4/c1-5-26(44)40-13-14-41-22(18-40)11-15-46-32-27-33(41)39-35(45)42(31-20(4)10-12-37-29(31)19(2)3)34(27)38-30(28(32)36)25-17-23(43)16-21-8-6-7-9-24(21)25/h5-10,12,16-17,19,22,43H,1,11,13-15,18H2,2-4H3. The van der Waals surface area contributed by atoms with E-state index in [1.54, 1.807) is 17.2 Å². The van der Waals surface area contributed by atoms with Gasteiger partial charge < -0.3 is 19.6 Å². The molecule has 0 bridgehead atoms. The molecule has 7 rings (SSSR count). The third kappa shape index (κ3) is 4.65. The van der Waals surface area contributed by atoms with E-state index in [-0.39, 0.29) is 58.5 Å². The average molecular weight is 621 g/mol. The minimum absolute atomic E-state index is 0.0497. The monoisotopic (exact) mass is 620 g/mol. The number of piperazine rings is 1. The summed E-state index contributed by atoms with van der Waals surface area (Å²) in [6, 6.07) is 12.0. The Bertz CT molecular complexity index is 2130. The van der Waals surface area contributed by atoms with Gasteiger partial charge >= 0.3 is 5.69 Å². The molecule has 1 amide bonds. The number of carbonyl (C=O) groups excluding carboxylic acids is 1. The topological polar surface area (TPSA) is 114 Å². The van der Waals surface area contributed by atoms with E-state index in [1.165, 1.54) is 16.7 Å². The Morgan fingerprint density at radius 2 is 1.98 bits per heavy atom. The second-order valence-corrected chi connectivity index (χ2v) is 12.1. The van der Waals surface area contributed by atoms with Gasteiger partial charge in [-0.1, -0.05) is 44.7 Å². The zero-order valence-electron chi connectivity index (χ0n) is 25.8. The molecule has 0 spiro atoms. The van der Waals surface area contributed by atoms with Crippen LogP contribution in [0.4, 0.5) is 10.2 Å². The number of rotatable bonds is 4. The molecule has 2 aromatic carbocycles. The smallest absolute Gasteiger partial charge is 0.355 e. The van der Waals surface area contributed by atoms with Gasteiger partial charge in [0.1, 0.15) is 22.6 Å². The fourth-order valence-corrected chi connectivity index (χ4v) is 6.69. The van der Waals surface area contributed by atoms with Crippen molar-refractivity contribution in [2.75, 3.05) is 31.1 Å². The lowest BCUT2D eigenvalue weighted by Crippen LogP contribution is -2.56. The van der Waals surface area contributed by atoms with E-state index < -0.39 is 11.5 Å². The molecular weight excluding hydrogens is 587 g/mol. The van der Waals surface area contributed by atoms with Crippen molar-refractivity contribution >= 4 is 33.5 Å². The highest BCUT2D eigenvalue weighted by atomic mass is 19.1. The number of fused-ring (bicyclic) bond motifs is 3. The van der Waals surface area contributed by atoms with Crippen molar-refractivity contribution in [1.29, 1.82) is 0 Å². The quantitative estimate of drug-likeness (QED) is 0.271. The molecule has 2 aliphatic rings. The molecule has 5 heterocycles. The third-order valence-corrected chi connectivity index (χ3v) is 8.87. The number of carbonyl (C=O) groups is 1. The Labute approximate surface area is 264 Å². The van der Waals surface area contributed by atoms with Gasteiger partial charge in [0.2, 0.25) is 5.91 Å². The van der Waals surface area contributed by atoms with Gasteiger partial charge in [0, 0.05) is 37.8 Å². The summed E-state index contributed by atoms with van der Waals surface area (Å²) in [4.78, 5) is 44.6. The maximum absolute atomic E-state index is 17.0. The SMILES string of the molecule is C=CC(=O)N1CCN2c3nc(=O)n(-c4c(C)ccnc4C(C)C)c4nc(-c5cc(O)cc6ccccc56)c(F)c(c34)OCCC2C1. The molecule has 11 heteroatoms. The highest BCUT2D eigenvalue weighted by Gasteiger charge is 2.36. The van der Waals surface area contributed by atoms with Crippen molar-refractivity contribution in [1.82, 2.24) is 24.4 Å². The van der Waals surface area contributed by atoms with E-state index in [0.717, 1.165) is 5.56 Å². The summed E-state index contributed by atoms with van der Waals surface area (Å²) in [5, 5.41) is 12.3. The number of phenolic OH excluding ortho intramolecular Hbond substituents is 1. The van der Waals surface area contributed by atoms with Crippen LogP contribution in [0.25, 0.3) is 38.8 Å². The summed E-state index contributed by atoms with van der Waals surface area (Å²) in [6.45, 7) is 10.8. The van der Waals surface area contributed by atoms with Gasteiger partial charge in [-0.3, -0.25) is 9.78 Å². The molecular formula is C35H33FN6O4. The number of hydrogen-bond donors (Lipinski definition) is 1. The van der Waals surface area contributed by atoms with Gasteiger partial charge in [-0.25, -0.2) is 18.7 Å². The summed E-state index contributed by atoms with van der Waals surface area (Å²) in [5.74, 6) is -0.817. The zero-order chi connectivity index (χ0) is 32.3. The van der Waals surface area contributed by atoms with E-state index in [9.17, 15) is 14.7 Å². The van der Waals surface area contributed by atoms with Crippen molar-refractivity contribution < 1.29 is 19.0 Å². The normalized spacial score (nSPS) is 16.2. The number of aryl methyl sites for hydroxylation is 1. The van der Waals surface area contributed by atoms with Crippen LogP contribution in [0.2, 0.25) is 0 Å². The van der Waals surface area contributed by atoms with Crippen LogP contribution < -0.4 is 15.3 Å². The van der Waals surface area contributed by atoms with Crippen LogP contribution in [0.3, 0.4) is 0 Å². The number of aromatic hydroxyl groups is 1. The van der Waals surface area contributed by atoms with Gasteiger partial charge in [-0.05, 0) is 53.5 Å². The largest absolute Gasteiger partial charge is 0.508 e. The Morgan fingerprint density at radius 1 is 1.17 bits per heavy atom. The van der Waals surface area contributed by atoms with Crippen molar-refractivity contribution in [3.8, 4) is 28.4 Å². The molecule has 5 aromatic rings. The number of aromatic nitrogens is 4. The number of phenols is 1. The highest BCUT2D eigenvalue weighted by molar-refractivity contribution is 6.01. The van der Waals surface area contributed by atoms with Crippen LogP contribution in [0, 0.1) is 12.7 Å². The first-order chi connectivity index (χ1) is 22.2. The summed E-state index contributed by atoms with van der Waals surface area (Å²) in [7, 11) is 0. The highest BCUT2D eigenvalue weighted by Crippen LogP contribution is 2.43. The molecule has 1 fully saturated rings. The van der Waals surface area contributed by atoms with Gasteiger partial charge in [-0.15, -0.1) is 0 Å². The Balaban J connectivity index is 1.59. The molecule has 46 heavy (non-hydrogen) atoms. The maximum Gasteiger partial charge on any atom is 0.355 e. The lowest BCUT2D eigenvalue weighted by molar-refractivity contribution is -0.126. The second kappa shape index (κ2) is 11.2. The van der Waals surface area contributed by atoms with Gasteiger partial charge in [0.25, 0.3) is 0 Å². The van der Waals surface area contributed by atoms with E-state index in [0.29, 0.717) is 53.8 Å². The minimum atomic E-state index is -0.720. The molecule has 2 aliphatic heterocycles. The fourth-order valence-electron chi connectivity index (χ4n) is 6.69. The number of nitrogens with zero attached hydrogens (tertiary/aromatic N) is 6. The van der Waals surface area contributed by atoms with Crippen LogP contribution >= 0.6 is 0 Å². The number of hydrogen-bond acceptors (Lipinski definition) is 8. The van der Waals surface area contributed by atoms with Crippen LogP contribution in [0.15, 0.2) is 66.1 Å². The van der Waals surface area contributed by atoms with Crippen molar-refractivity contribution in [2.24, 2.45) is 0 Å². The molecule has 1 saturated heterocycles. The minimum Gasteiger partial charge on any atom is -0.508 e. The summed E-state index contributed by atoms with van der Waals surface area (Å²) in [6.07, 6.45) is 3.44. The maximum atomic E-state index is 17.0.